The number of rotatable bonds is 4. The lowest BCUT2D eigenvalue weighted by Gasteiger charge is -2.04. The van der Waals surface area contributed by atoms with Crippen LogP contribution in [0, 0.1) is 0 Å². The average Bonchev–Trinajstić information content (AvgIpc) is 2.77. The number of aromatic nitrogens is 2. The van der Waals surface area contributed by atoms with Crippen molar-refractivity contribution in [1.82, 2.24) is 10.2 Å². The highest BCUT2D eigenvalue weighted by atomic mass is 32.3. The summed E-state index contributed by atoms with van der Waals surface area (Å²) in [7, 11) is -8.45. The number of anilines is 2. The Morgan fingerprint density at radius 3 is 2.20 bits per heavy atom. The van der Waals surface area contributed by atoms with E-state index in [0.717, 1.165) is 0 Å². The molecule has 0 saturated heterocycles. The monoisotopic (exact) mass is 336 g/mol. The zero-order valence-corrected chi connectivity index (χ0v) is 12.0. The standard InChI is InChI=1S/C8H8N4O5S3/c9-5-1-3-6(4-2-5)19(13,14)12-7-10-11-8(18-7)20(15,16)17/h1-4H,9H2,(H,10,12)(H,15,16,17). The van der Waals surface area contributed by atoms with Crippen LogP contribution < -0.4 is 10.5 Å². The van der Waals surface area contributed by atoms with E-state index in [1.54, 1.807) is 0 Å². The maximum Gasteiger partial charge on any atom is 0.324 e. The van der Waals surface area contributed by atoms with Crippen LogP contribution >= 0.6 is 11.3 Å². The number of nitrogens with zero attached hydrogens (tertiary/aromatic N) is 2. The number of nitrogens with two attached hydrogens (primary N) is 1. The second-order valence-electron chi connectivity index (χ2n) is 3.52. The topological polar surface area (TPSA) is 152 Å². The van der Waals surface area contributed by atoms with Crippen LogP contribution in [0.3, 0.4) is 0 Å². The lowest BCUT2D eigenvalue weighted by Crippen LogP contribution is -2.12. The SMILES string of the molecule is Nc1ccc(S(=O)(=O)Nc2nnc(S(=O)(=O)O)s2)cc1. The third kappa shape index (κ3) is 3.22. The fourth-order valence-electron chi connectivity index (χ4n) is 1.18. The molecule has 0 unspecified atom stereocenters. The molecule has 1 heterocycles. The fraction of sp³-hybridized carbons (Fsp3) is 0. The molecule has 0 atom stereocenters. The highest BCUT2D eigenvalue weighted by Gasteiger charge is 2.20. The van der Waals surface area contributed by atoms with Gasteiger partial charge in [-0.05, 0) is 24.3 Å². The number of nitrogens with one attached hydrogen (secondary N) is 1. The third-order valence-corrected chi connectivity index (χ3v) is 5.56. The highest BCUT2D eigenvalue weighted by molar-refractivity contribution is 7.93. The molecule has 0 aliphatic carbocycles. The van der Waals surface area contributed by atoms with Crippen LogP contribution in [0.5, 0.6) is 0 Å². The fourth-order valence-corrected chi connectivity index (χ4v) is 3.69. The van der Waals surface area contributed by atoms with Crippen molar-refractivity contribution in [2.75, 3.05) is 10.5 Å². The van der Waals surface area contributed by atoms with Gasteiger partial charge in [-0.2, -0.15) is 8.42 Å². The lowest BCUT2D eigenvalue weighted by atomic mass is 10.3. The first-order valence-corrected chi connectivity index (χ1v) is 8.62. The van der Waals surface area contributed by atoms with Crippen LogP contribution in [0.2, 0.25) is 0 Å². The van der Waals surface area contributed by atoms with E-state index in [1.807, 2.05) is 4.72 Å². The van der Waals surface area contributed by atoms with Crippen molar-refractivity contribution in [1.29, 1.82) is 0 Å². The van der Waals surface area contributed by atoms with Gasteiger partial charge in [0.15, 0.2) is 0 Å². The molecule has 0 aliphatic heterocycles. The van der Waals surface area contributed by atoms with Gasteiger partial charge >= 0.3 is 10.1 Å². The molecule has 108 valence electrons. The Bertz CT molecular complexity index is 825. The summed E-state index contributed by atoms with van der Waals surface area (Å²) in [5.41, 5.74) is 5.84. The first-order chi connectivity index (χ1) is 9.18. The van der Waals surface area contributed by atoms with E-state index < -0.39 is 24.5 Å². The van der Waals surface area contributed by atoms with Crippen LogP contribution in [0.15, 0.2) is 33.5 Å². The largest absolute Gasteiger partial charge is 0.399 e. The van der Waals surface area contributed by atoms with Gasteiger partial charge in [0.05, 0.1) is 4.90 Å². The van der Waals surface area contributed by atoms with E-state index in [4.69, 9.17) is 10.3 Å². The molecule has 9 nitrogen and oxygen atoms in total. The Morgan fingerprint density at radius 2 is 1.70 bits per heavy atom. The van der Waals surface area contributed by atoms with Gasteiger partial charge in [0, 0.05) is 5.69 Å². The number of hydrogen-bond donors (Lipinski definition) is 3. The Morgan fingerprint density at radius 1 is 1.10 bits per heavy atom. The smallest absolute Gasteiger partial charge is 0.324 e. The third-order valence-electron chi connectivity index (χ3n) is 2.04. The molecule has 0 aliphatic rings. The van der Waals surface area contributed by atoms with E-state index in [2.05, 4.69) is 10.2 Å². The van der Waals surface area contributed by atoms with E-state index in [-0.39, 0.29) is 10.0 Å². The van der Waals surface area contributed by atoms with Gasteiger partial charge in [0.1, 0.15) is 0 Å². The molecule has 0 bridgehead atoms. The zero-order chi connectivity index (χ0) is 15.0. The summed E-state index contributed by atoms with van der Waals surface area (Å²) in [6.45, 7) is 0. The molecule has 1 aromatic heterocycles. The molecular formula is C8H8N4O5S3. The van der Waals surface area contributed by atoms with Crippen LogP contribution in [-0.4, -0.2) is 31.6 Å². The predicted molar refractivity (Wildman–Crippen MR) is 71.4 cm³/mol. The van der Waals surface area contributed by atoms with Crippen molar-refractivity contribution in [3.8, 4) is 0 Å². The van der Waals surface area contributed by atoms with Crippen molar-refractivity contribution in [2.45, 2.75) is 9.24 Å². The van der Waals surface area contributed by atoms with Crippen molar-refractivity contribution < 1.29 is 21.4 Å². The number of sulfonamides is 1. The summed E-state index contributed by atoms with van der Waals surface area (Å²) in [4.78, 5) is -0.0738. The first kappa shape index (κ1) is 14.6. The second-order valence-corrected chi connectivity index (χ2v) is 7.78. The number of nitrogen functional groups attached to an aromatic ring is 1. The van der Waals surface area contributed by atoms with Gasteiger partial charge in [0.2, 0.25) is 5.13 Å². The molecule has 0 radical (unpaired) electrons. The van der Waals surface area contributed by atoms with Crippen molar-refractivity contribution in [3.05, 3.63) is 24.3 Å². The molecule has 4 N–H and O–H groups in total. The minimum atomic E-state index is -4.51. The van der Waals surface area contributed by atoms with Crippen molar-refractivity contribution in [3.63, 3.8) is 0 Å². The van der Waals surface area contributed by atoms with Crippen LogP contribution in [-0.2, 0) is 20.1 Å². The summed E-state index contributed by atoms with van der Waals surface area (Å²) in [6, 6.07) is 5.36. The summed E-state index contributed by atoms with van der Waals surface area (Å²) in [5, 5.41) is 6.21. The molecule has 0 saturated carbocycles. The Balaban J connectivity index is 2.29. The van der Waals surface area contributed by atoms with E-state index in [1.165, 1.54) is 24.3 Å². The van der Waals surface area contributed by atoms with Crippen LogP contribution in [0.25, 0.3) is 0 Å². The van der Waals surface area contributed by atoms with Gasteiger partial charge in [0.25, 0.3) is 14.4 Å². The molecule has 0 amide bonds. The Labute approximate surface area is 118 Å². The quantitative estimate of drug-likeness (QED) is 0.527. The van der Waals surface area contributed by atoms with Gasteiger partial charge in [-0.3, -0.25) is 9.27 Å². The minimum absolute atomic E-state index is 0.0738. The maximum atomic E-state index is 11.9. The van der Waals surface area contributed by atoms with Crippen molar-refractivity contribution >= 4 is 42.3 Å². The summed E-state index contributed by atoms with van der Waals surface area (Å²) in [5.74, 6) is 0. The molecule has 0 fully saturated rings. The van der Waals surface area contributed by atoms with E-state index in [0.29, 0.717) is 17.0 Å². The Hall–Kier alpha value is -1.76. The van der Waals surface area contributed by atoms with Gasteiger partial charge < -0.3 is 5.73 Å². The predicted octanol–water partition coefficient (Wildman–Crippen LogP) is 0.168. The summed E-state index contributed by atoms with van der Waals surface area (Å²) < 4.78 is 55.6. The highest BCUT2D eigenvalue weighted by Crippen LogP contribution is 2.22. The van der Waals surface area contributed by atoms with Crippen LogP contribution in [0.4, 0.5) is 10.8 Å². The maximum absolute atomic E-state index is 11.9. The normalized spacial score (nSPS) is 12.2. The molecular weight excluding hydrogens is 328 g/mol. The van der Waals surface area contributed by atoms with Gasteiger partial charge in [-0.15, -0.1) is 10.2 Å². The summed E-state index contributed by atoms with van der Waals surface area (Å²) in [6.07, 6.45) is 0. The van der Waals surface area contributed by atoms with Gasteiger partial charge in [-0.25, -0.2) is 8.42 Å². The lowest BCUT2D eigenvalue weighted by molar-refractivity contribution is 0.481. The zero-order valence-electron chi connectivity index (χ0n) is 9.59. The minimum Gasteiger partial charge on any atom is -0.399 e. The van der Waals surface area contributed by atoms with Crippen LogP contribution in [0.1, 0.15) is 0 Å². The van der Waals surface area contributed by atoms with E-state index in [9.17, 15) is 16.8 Å². The van der Waals surface area contributed by atoms with Crippen molar-refractivity contribution in [2.24, 2.45) is 0 Å². The Kier molecular flexibility index (Phi) is 3.64. The molecule has 20 heavy (non-hydrogen) atoms. The molecule has 12 heteroatoms. The number of benzene rings is 1. The first-order valence-electron chi connectivity index (χ1n) is 4.88. The number of hydrogen-bond acceptors (Lipinski definition) is 8. The molecule has 0 spiro atoms. The molecule has 2 rings (SSSR count). The van der Waals surface area contributed by atoms with Gasteiger partial charge in [-0.1, -0.05) is 11.3 Å². The molecule has 1 aromatic carbocycles. The summed E-state index contributed by atoms with van der Waals surface area (Å²) >= 11 is 0.389. The van der Waals surface area contributed by atoms with E-state index >= 15 is 0 Å². The second kappa shape index (κ2) is 4.97. The molecule has 2 aromatic rings. The average molecular weight is 336 g/mol.